The number of rotatable bonds is 14. The van der Waals surface area contributed by atoms with Crippen molar-refractivity contribution in [2.45, 2.75) is 103 Å². The first-order chi connectivity index (χ1) is 18.2. The lowest BCUT2D eigenvalue weighted by molar-refractivity contribution is -0.122. The highest BCUT2D eigenvalue weighted by Gasteiger charge is 2.25. The first-order valence-electron chi connectivity index (χ1n) is 14.7. The third-order valence-corrected chi connectivity index (χ3v) is 7.94. The minimum absolute atomic E-state index is 0.0496. The Labute approximate surface area is 222 Å². The zero-order valence-corrected chi connectivity index (χ0v) is 22.7. The van der Waals surface area contributed by atoms with Gasteiger partial charge in [0, 0.05) is 43.9 Å². The molecule has 2 aromatic rings. The van der Waals surface area contributed by atoms with Crippen LogP contribution in [0.1, 0.15) is 96.1 Å². The molecule has 204 valence electrons. The minimum Gasteiger partial charge on any atom is -0.382 e. The van der Waals surface area contributed by atoms with Crippen LogP contribution in [0.25, 0.3) is 5.95 Å². The van der Waals surface area contributed by atoms with Gasteiger partial charge in [0.1, 0.15) is 18.2 Å². The molecule has 8 nitrogen and oxygen atoms in total. The van der Waals surface area contributed by atoms with Gasteiger partial charge < -0.3 is 15.4 Å². The van der Waals surface area contributed by atoms with E-state index in [0.717, 1.165) is 43.1 Å². The van der Waals surface area contributed by atoms with Crippen molar-refractivity contribution in [2.75, 3.05) is 25.1 Å². The number of anilines is 1. The topological polar surface area (TPSA) is 94.0 Å². The highest BCUT2D eigenvalue weighted by molar-refractivity contribution is 5.84. The van der Waals surface area contributed by atoms with Gasteiger partial charge in [-0.1, -0.05) is 64.2 Å². The number of aryl methyl sites for hydroxylation is 1. The average molecular weight is 511 g/mol. The molecule has 1 amide bonds. The molecule has 0 saturated heterocycles. The number of carbonyl (C=O) groups excluding carboxylic acids is 1. The van der Waals surface area contributed by atoms with Crippen LogP contribution in [0.3, 0.4) is 0 Å². The molecule has 4 rings (SSSR count). The highest BCUT2D eigenvalue weighted by atomic mass is 16.5. The van der Waals surface area contributed by atoms with E-state index in [1.54, 1.807) is 12.5 Å². The molecule has 0 radical (unpaired) electrons. The fourth-order valence-corrected chi connectivity index (χ4v) is 5.83. The second kappa shape index (κ2) is 15.1. The van der Waals surface area contributed by atoms with E-state index in [9.17, 15) is 4.79 Å². The molecule has 0 bridgehead atoms. The first-order valence-corrected chi connectivity index (χ1v) is 14.7. The summed E-state index contributed by atoms with van der Waals surface area (Å²) in [6.07, 6.45) is 22.1. The van der Waals surface area contributed by atoms with Gasteiger partial charge in [0.15, 0.2) is 0 Å². The van der Waals surface area contributed by atoms with Crippen LogP contribution >= 0.6 is 0 Å². The van der Waals surface area contributed by atoms with Crippen molar-refractivity contribution >= 4 is 11.7 Å². The van der Waals surface area contributed by atoms with Gasteiger partial charge in [0.2, 0.25) is 11.9 Å². The number of hydrogen-bond donors (Lipinski definition) is 2. The second-order valence-corrected chi connectivity index (χ2v) is 10.8. The molecule has 2 fully saturated rings. The monoisotopic (exact) mass is 510 g/mol. The van der Waals surface area contributed by atoms with Crippen molar-refractivity contribution in [1.82, 2.24) is 24.8 Å². The fourth-order valence-electron chi connectivity index (χ4n) is 5.83. The van der Waals surface area contributed by atoms with Gasteiger partial charge in [0.05, 0.1) is 0 Å². The number of nitrogens with one attached hydrogen (secondary N) is 2. The molecule has 0 aliphatic heterocycles. The average Bonchev–Trinajstić information content (AvgIpc) is 3.48. The quantitative estimate of drug-likeness (QED) is 0.327. The Morgan fingerprint density at radius 3 is 2.54 bits per heavy atom. The van der Waals surface area contributed by atoms with Crippen LogP contribution in [0.4, 0.5) is 5.82 Å². The summed E-state index contributed by atoms with van der Waals surface area (Å²) in [7, 11) is 0. The number of imidazole rings is 1. The lowest BCUT2D eigenvalue weighted by Crippen LogP contribution is -2.42. The Bertz CT molecular complexity index is 922. The van der Waals surface area contributed by atoms with E-state index in [1.807, 2.05) is 17.7 Å². The highest BCUT2D eigenvalue weighted by Crippen LogP contribution is 2.29. The number of nitrogens with zero attached hydrogens (tertiary/aromatic N) is 4. The maximum atomic E-state index is 13.3. The van der Waals surface area contributed by atoms with Crippen molar-refractivity contribution in [3.63, 3.8) is 0 Å². The van der Waals surface area contributed by atoms with Crippen molar-refractivity contribution < 1.29 is 9.53 Å². The Morgan fingerprint density at radius 1 is 1.08 bits per heavy atom. The zero-order chi connectivity index (χ0) is 25.7. The van der Waals surface area contributed by atoms with Crippen molar-refractivity contribution in [2.24, 2.45) is 11.8 Å². The van der Waals surface area contributed by atoms with Gasteiger partial charge in [0.25, 0.3) is 0 Å². The Morgan fingerprint density at radius 2 is 1.84 bits per heavy atom. The molecule has 2 heterocycles. The molecule has 0 spiro atoms. The molecule has 2 N–H and O–H groups in total. The molecular formula is C29H46N6O2. The Balaban J connectivity index is 1.47. The molecule has 8 heteroatoms. The van der Waals surface area contributed by atoms with E-state index >= 15 is 0 Å². The summed E-state index contributed by atoms with van der Waals surface area (Å²) in [6.45, 7) is 3.99. The van der Waals surface area contributed by atoms with E-state index < -0.39 is 0 Å². The summed E-state index contributed by atoms with van der Waals surface area (Å²) in [6, 6.07) is 1.74. The molecule has 2 saturated carbocycles. The summed E-state index contributed by atoms with van der Waals surface area (Å²) < 4.78 is 7.28. The first kappa shape index (κ1) is 27.6. The predicted molar refractivity (Wildman–Crippen MR) is 147 cm³/mol. The van der Waals surface area contributed by atoms with Crippen LogP contribution in [0.2, 0.25) is 0 Å². The van der Waals surface area contributed by atoms with Crippen LogP contribution < -0.4 is 10.6 Å². The minimum atomic E-state index is -0.313. The van der Waals surface area contributed by atoms with E-state index in [2.05, 4.69) is 21.7 Å². The molecule has 2 aliphatic carbocycles. The summed E-state index contributed by atoms with van der Waals surface area (Å²) in [5, 5.41) is 6.67. The molecule has 1 unspecified atom stereocenters. The van der Waals surface area contributed by atoms with Crippen molar-refractivity contribution in [3.05, 3.63) is 30.5 Å². The maximum absolute atomic E-state index is 13.3. The zero-order valence-electron chi connectivity index (χ0n) is 22.7. The lowest BCUT2D eigenvalue weighted by atomic mass is 9.84. The van der Waals surface area contributed by atoms with Crippen LogP contribution in [0.5, 0.6) is 0 Å². The van der Waals surface area contributed by atoms with Gasteiger partial charge in [-0.05, 0) is 44.4 Å². The van der Waals surface area contributed by atoms with Crippen molar-refractivity contribution in [1.29, 1.82) is 0 Å². The molecule has 37 heavy (non-hydrogen) atoms. The Hall–Kier alpha value is -2.48. The van der Waals surface area contributed by atoms with Gasteiger partial charge in [-0.25, -0.2) is 9.97 Å². The summed E-state index contributed by atoms with van der Waals surface area (Å²) in [5.41, 5.74) is 1.03. The van der Waals surface area contributed by atoms with Gasteiger partial charge in [-0.3, -0.25) is 9.36 Å². The van der Waals surface area contributed by atoms with Gasteiger partial charge in [-0.15, -0.1) is 0 Å². The van der Waals surface area contributed by atoms with Crippen LogP contribution in [0.15, 0.2) is 24.8 Å². The third kappa shape index (κ3) is 9.09. The predicted octanol–water partition coefficient (Wildman–Crippen LogP) is 5.47. The Kier molecular flexibility index (Phi) is 11.2. The number of aromatic nitrogens is 4. The third-order valence-electron chi connectivity index (χ3n) is 7.94. The molecule has 2 aromatic heterocycles. The molecule has 0 aromatic carbocycles. The number of ether oxygens (including phenoxy) is 1. The van der Waals surface area contributed by atoms with E-state index in [0.29, 0.717) is 31.6 Å². The molecule has 2 aliphatic rings. The smallest absolute Gasteiger partial charge is 0.242 e. The van der Waals surface area contributed by atoms with E-state index in [4.69, 9.17) is 14.7 Å². The number of carbonyl (C=O) groups is 1. The van der Waals surface area contributed by atoms with Crippen LogP contribution in [-0.2, 0) is 16.0 Å². The van der Waals surface area contributed by atoms with Crippen LogP contribution in [0, 0.1) is 11.8 Å². The summed E-state index contributed by atoms with van der Waals surface area (Å²) in [4.78, 5) is 27.2. The maximum Gasteiger partial charge on any atom is 0.242 e. The number of hydrogen-bond acceptors (Lipinski definition) is 6. The second-order valence-electron chi connectivity index (χ2n) is 10.8. The van der Waals surface area contributed by atoms with E-state index in [1.165, 1.54) is 64.2 Å². The van der Waals surface area contributed by atoms with Crippen LogP contribution in [-0.4, -0.2) is 51.2 Å². The lowest BCUT2D eigenvalue weighted by Gasteiger charge is -2.27. The summed E-state index contributed by atoms with van der Waals surface area (Å²) >= 11 is 0. The largest absolute Gasteiger partial charge is 0.382 e. The van der Waals surface area contributed by atoms with E-state index in [-0.39, 0.29) is 11.9 Å². The normalized spacial score (nSPS) is 18.0. The number of amides is 1. The standard InChI is InChI=1S/C29H46N6O2/c1-2-37-19-9-16-31-28(36)26(20-24-12-7-4-8-13-24)33-27-21-25(15-14-23-10-5-3-6-11-23)32-29(34-27)35-18-17-30-22-35/h17-18,21-24,26H,2-16,19-20H2,1H3,(H,31,36)(H,32,33,34). The molecule has 1 atom stereocenters. The fraction of sp³-hybridized carbons (Fsp3) is 0.724. The van der Waals surface area contributed by atoms with Crippen molar-refractivity contribution in [3.8, 4) is 5.95 Å². The SMILES string of the molecule is CCOCCCNC(=O)C(CC1CCCCC1)Nc1cc(CCC2CCCCC2)nc(-n2ccnc2)n1. The molecular weight excluding hydrogens is 464 g/mol. The van der Waals surface area contributed by atoms with Gasteiger partial charge in [-0.2, -0.15) is 4.98 Å². The van der Waals surface area contributed by atoms with Gasteiger partial charge >= 0.3 is 0 Å². The summed E-state index contributed by atoms with van der Waals surface area (Å²) in [5.74, 6) is 2.74.